The lowest BCUT2D eigenvalue weighted by molar-refractivity contribution is 0.541. The molecule has 0 aliphatic rings. The molecule has 6 N–H and O–H groups in total. The zero-order valence-electron chi connectivity index (χ0n) is 16.3. The van der Waals surface area contributed by atoms with Gasteiger partial charge in [0.25, 0.3) is 0 Å². The first-order valence-corrected chi connectivity index (χ1v) is 10.0. The van der Waals surface area contributed by atoms with E-state index >= 15 is 0 Å². The van der Waals surface area contributed by atoms with Crippen LogP contribution in [0, 0.1) is 0 Å². The Morgan fingerprint density at radius 3 is 0.875 bits per heavy atom. The second-order valence-corrected chi connectivity index (χ2v) is 6.33. The van der Waals surface area contributed by atoms with Gasteiger partial charge in [-0.3, -0.25) is 0 Å². The summed E-state index contributed by atoms with van der Waals surface area (Å²) in [5, 5.41) is 20.3. The monoisotopic (exact) mass is 344 g/mol. The van der Waals surface area contributed by atoms with E-state index in [4.69, 9.17) is 0 Å². The summed E-state index contributed by atoms with van der Waals surface area (Å²) in [6, 6.07) is 0. The van der Waals surface area contributed by atoms with Crippen molar-refractivity contribution in [3.05, 3.63) is 0 Å². The van der Waals surface area contributed by atoms with E-state index in [0.29, 0.717) is 0 Å². The van der Waals surface area contributed by atoms with Gasteiger partial charge in [0.2, 0.25) is 0 Å². The van der Waals surface area contributed by atoms with Crippen LogP contribution in [0.3, 0.4) is 0 Å². The Hall–Kier alpha value is -0.240. The maximum Gasteiger partial charge on any atom is -0.00368 e. The van der Waals surface area contributed by atoms with Crippen molar-refractivity contribution >= 4 is 0 Å². The fourth-order valence-electron chi connectivity index (χ4n) is 2.46. The molecule has 0 saturated heterocycles. The van der Waals surface area contributed by atoms with Crippen LogP contribution >= 0.6 is 0 Å². The SMILES string of the molecule is CNCCCNCCCNCCCCNCCCNCCCNC. The average Bonchev–Trinajstić information content (AvgIpc) is 2.60. The van der Waals surface area contributed by atoms with Crippen LogP contribution in [0.15, 0.2) is 0 Å². The van der Waals surface area contributed by atoms with Crippen LogP contribution in [0.2, 0.25) is 0 Å². The Labute approximate surface area is 150 Å². The van der Waals surface area contributed by atoms with E-state index < -0.39 is 0 Å². The molecule has 0 atom stereocenters. The van der Waals surface area contributed by atoms with Crippen LogP contribution in [0.5, 0.6) is 0 Å². The van der Waals surface area contributed by atoms with E-state index in [9.17, 15) is 0 Å². The first kappa shape index (κ1) is 23.8. The molecule has 0 spiro atoms. The number of nitrogens with one attached hydrogen (secondary N) is 6. The van der Waals surface area contributed by atoms with Gasteiger partial charge in [0, 0.05) is 0 Å². The summed E-state index contributed by atoms with van der Waals surface area (Å²) in [5.74, 6) is 0. The summed E-state index contributed by atoms with van der Waals surface area (Å²) < 4.78 is 0. The zero-order chi connectivity index (χ0) is 17.6. The minimum atomic E-state index is 1.10. The summed E-state index contributed by atoms with van der Waals surface area (Å²) in [6.07, 6.45) is 7.40. The zero-order valence-corrected chi connectivity index (χ0v) is 16.3. The van der Waals surface area contributed by atoms with Gasteiger partial charge in [0.1, 0.15) is 0 Å². The van der Waals surface area contributed by atoms with Gasteiger partial charge < -0.3 is 31.9 Å². The maximum atomic E-state index is 3.53. The molecule has 0 radical (unpaired) electrons. The molecule has 0 heterocycles. The van der Waals surface area contributed by atoms with Crippen LogP contribution in [0.4, 0.5) is 0 Å². The van der Waals surface area contributed by atoms with E-state index in [1.54, 1.807) is 0 Å². The predicted molar refractivity (Wildman–Crippen MR) is 107 cm³/mol. The van der Waals surface area contributed by atoms with Crippen molar-refractivity contribution in [1.82, 2.24) is 31.9 Å². The lowest BCUT2D eigenvalue weighted by atomic mass is 10.3. The number of hydrogen-bond donors (Lipinski definition) is 6. The normalized spacial score (nSPS) is 11.2. The van der Waals surface area contributed by atoms with Crippen molar-refractivity contribution in [3.63, 3.8) is 0 Å². The largest absolute Gasteiger partial charge is 0.320 e. The minimum Gasteiger partial charge on any atom is -0.320 e. The topological polar surface area (TPSA) is 72.2 Å². The Kier molecular flexibility index (Phi) is 22.5. The molecule has 0 aromatic heterocycles. The average molecular weight is 345 g/mol. The molecular weight excluding hydrogens is 300 g/mol. The van der Waals surface area contributed by atoms with Gasteiger partial charge in [0.15, 0.2) is 0 Å². The summed E-state index contributed by atoms with van der Waals surface area (Å²) in [6.45, 7) is 11.3. The number of rotatable bonds is 21. The fraction of sp³-hybridized carbons (Fsp3) is 1.00. The molecule has 0 aliphatic heterocycles. The molecule has 6 nitrogen and oxygen atoms in total. The lowest BCUT2D eigenvalue weighted by Gasteiger charge is -2.08. The molecule has 0 rings (SSSR count). The molecule has 0 aliphatic carbocycles. The Bertz CT molecular complexity index is 194. The minimum absolute atomic E-state index is 1.10. The van der Waals surface area contributed by atoms with Gasteiger partial charge in [-0.1, -0.05) is 0 Å². The molecule has 0 aromatic rings. The molecular formula is C18H44N6. The standard InChI is InChI=1S/C18H44N6/c1-19-9-5-13-23-17-7-15-21-11-3-4-12-22-16-8-18-24-14-6-10-20-2/h19-24H,3-18H2,1-2H3. The van der Waals surface area contributed by atoms with E-state index in [1.165, 1.54) is 38.5 Å². The second kappa shape index (κ2) is 22.8. The summed E-state index contributed by atoms with van der Waals surface area (Å²) in [7, 11) is 4.01. The van der Waals surface area contributed by atoms with E-state index in [1.807, 2.05) is 14.1 Å². The first-order chi connectivity index (χ1) is 11.9. The molecule has 0 saturated carbocycles. The second-order valence-electron chi connectivity index (χ2n) is 6.33. The third kappa shape index (κ3) is 21.8. The lowest BCUT2D eigenvalue weighted by Crippen LogP contribution is -2.26. The van der Waals surface area contributed by atoms with Gasteiger partial charge in [0.05, 0.1) is 0 Å². The highest BCUT2D eigenvalue weighted by molar-refractivity contribution is 4.56. The smallest absolute Gasteiger partial charge is 0.00368 e. The number of unbranched alkanes of at least 4 members (excludes halogenated alkanes) is 1. The molecule has 24 heavy (non-hydrogen) atoms. The summed E-state index contributed by atoms with van der Waals surface area (Å²) in [4.78, 5) is 0. The summed E-state index contributed by atoms with van der Waals surface area (Å²) in [5.41, 5.74) is 0. The molecule has 146 valence electrons. The highest BCUT2D eigenvalue weighted by Gasteiger charge is 1.92. The van der Waals surface area contributed by atoms with Crippen molar-refractivity contribution in [1.29, 1.82) is 0 Å². The molecule has 6 heteroatoms. The van der Waals surface area contributed by atoms with Gasteiger partial charge in [-0.2, -0.15) is 0 Å². The van der Waals surface area contributed by atoms with Crippen LogP contribution in [0.1, 0.15) is 38.5 Å². The third-order valence-electron chi connectivity index (χ3n) is 3.93. The van der Waals surface area contributed by atoms with Crippen LogP contribution in [0.25, 0.3) is 0 Å². The molecule has 0 fully saturated rings. The van der Waals surface area contributed by atoms with Crippen molar-refractivity contribution in [3.8, 4) is 0 Å². The van der Waals surface area contributed by atoms with Gasteiger partial charge >= 0.3 is 0 Å². The van der Waals surface area contributed by atoms with Crippen LogP contribution in [-0.4, -0.2) is 79.5 Å². The quantitative estimate of drug-likeness (QED) is 0.166. The van der Waals surface area contributed by atoms with Crippen molar-refractivity contribution in [2.45, 2.75) is 38.5 Å². The summed E-state index contributed by atoms with van der Waals surface area (Å²) >= 11 is 0. The highest BCUT2D eigenvalue weighted by Crippen LogP contribution is 1.86. The maximum absolute atomic E-state index is 3.53. The molecule has 0 unspecified atom stereocenters. The van der Waals surface area contributed by atoms with E-state index in [2.05, 4.69) is 31.9 Å². The number of hydrogen-bond acceptors (Lipinski definition) is 6. The van der Waals surface area contributed by atoms with E-state index in [0.717, 1.165) is 65.4 Å². The van der Waals surface area contributed by atoms with Crippen molar-refractivity contribution < 1.29 is 0 Å². The van der Waals surface area contributed by atoms with Crippen LogP contribution in [-0.2, 0) is 0 Å². The third-order valence-corrected chi connectivity index (χ3v) is 3.93. The van der Waals surface area contributed by atoms with Gasteiger partial charge in [-0.25, -0.2) is 0 Å². The van der Waals surface area contributed by atoms with Crippen molar-refractivity contribution in [2.24, 2.45) is 0 Å². The highest BCUT2D eigenvalue weighted by atomic mass is 14.9. The Morgan fingerprint density at radius 2 is 0.583 bits per heavy atom. The predicted octanol–water partition coefficient (Wildman–Crippen LogP) is 0.124. The van der Waals surface area contributed by atoms with Crippen LogP contribution < -0.4 is 31.9 Å². The molecule has 0 bridgehead atoms. The molecule has 0 aromatic carbocycles. The van der Waals surface area contributed by atoms with Gasteiger partial charge in [-0.15, -0.1) is 0 Å². The van der Waals surface area contributed by atoms with Crippen molar-refractivity contribution in [2.75, 3.05) is 79.5 Å². The Balaban J connectivity index is 2.93. The molecule has 0 amide bonds. The van der Waals surface area contributed by atoms with Gasteiger partial charge in [-0.05, 0) is 118 Å². The first-order valence-electron chi connectivity index (χ1n) is 10.0. The fourth-order valence-corrected chi connectivity index (χ4v) is 2.46. The Morgan fingerprint density at radius 1 is 0.333 bits per heavy atom. The van der Waals surface area contributed by atoms with E-state index in [-0.39, 0.29) is 0 Å².